The molecule has 0 saturated heterocycles. The van der Waals surface area contributed by atoms with Crippen molar-refractivity contribution in [2.75, 3.05) is 12.3 Å². The van der Waals surface area contributed by atoms with E-state index in [1.54, 1.807) is 36.4 Å². The van der Waals surface area contributed by atoms with Gasteiger partial charge in [-0.15, -0.1) is 6.58 Å². The molecule has 1 atom stereocenters. The standard InChI is InChI=1S/C12H17NO2S/c1-3-9-13-11(2)10-16(14,15)12-7-5-4-6-8-12/h3-8,11,13H,1,9-10H2,2H3/t11-/m1/s1. The fourth-order valence-electron chi connectivity index (χ4n) is 1.40. The van der Waals surface area contributed by atoms with Crippen LogP contribution in [0.1, 0.15) is 6.92 Å². The first kappa shape index (κ1) is 12.9. The van der Waals surface area contributed by atoms with Gasteiger partial charge >= 0.3 is 0 Å². The fourth-order valence-corrected chi connectivity index (χ4v) is 2.94. The van der Waals surface area contributed by atoms with Crippen molar-refractivity contribution in [1.29, 1.82) is 0 Å². The molecular weight excluding hydrogens is 222 g/mol. The van der Waals surface area contributed by atoms with Gasteiger partial charge in [0.15, 0.2) is 9.84 Å². The molecule has 0 amide bonds. The second-order valence-corrected chi connectivity index (χ2v) is 5.73. The first-order chi connectivity index (χ1) is 7.56. The second kappa shape index (κ2) is 5.82. The van der Waals surface area contributed by atoms with E-state index < -0.39 is 9.84 Å². The summed E-state index contributed by atoms with van der Waals surface area (Å²) in [7, 11) is -3.19. The highest BCUT2D eigenvalue weighted by Crippen LogP contribution is 2.10. The molecule has 1 N–H and O–H groups in total. The molecule has 0 unspecified atom stereocenters. The highest BCUT2D eigenvalue weighted by molar-refractivity contribution is 7.91. The van der Waals surface area contributed by atoms with Gasteiger partial charge in [0.25, 0.3) is 0 Å². The van der Waals surface area contributed by atoms with E-state index in [0.29, 0.717) is 11.4 Å². The van der Waals surface area contributed by atoms with Crippen molar-refractivity contribution in [2.45, 2.75) is 17.9 Å². The van der Waals surface area contributed by atoms with Crippen LogP contribution in [0.25, 0.3) is 0 Å². The first-order valence-electron chi connectivity index (χ1n) is 5.18. The summed E-state index contributed by atoms with van der Waals surface area (Å²) in [4.78, 5) is 0.377. The molecule has 0 aliphatic heterocycles. The van der Waals surface area contributed by atoms with Gasteiger partial charge in [0.2, 0.25) is 0 Å². The van der Waals surface area contributed by atoms with Crippen LogP contribution in [0.2, 0.25) is 0 Å². The largest absolute Gasteiger partial charge is 0.310 e. The van der Waals surface area contributed by atoms with Gasteiger partial charge in [-0.25, -0.2) is 8.42 Å². The van der Waals surface area contributed by atoms with Gasteiger partial charge in [0.1, 0.15) is 0 Å². The molecule has 1 aromatic carbocycles. The molecule has 1 rings (SSSR count). The molecule has 1 aromatic rings. The maximum Gasteiger partial charge on any atom is 0.179 e. The summed E-state index contributed by atoms with van der Waals surface area (Å²) in [6.07, 6.45) is 1.71. The number of hydrogen-bond donors (Lipinski definition) is 1. The summed E-state index contributed by atoms with van der Waals surface area (Å²) in [5.74, 6) is 0.102. The Morgan fingerprint density at radius 2 is 2.00 bits per heavy atom. The van der Waals surface area contributed by atoms with E-state index >= 15 is 0 Å². The first-order valence-corrected chi connectivity index (χ1v) is 6.83. The summed E-state index contributed by atoms with van der Waals surface area (Å²) in [5.41, 5.74) is 0. The molecule has 0 aliphatic carbocycles. The number of nitrogens with one attached hydrogen (secondary N) is 1. The summed E-state index contributed by atoms with van der Waals surface area (Å²) >= 11 is 0. The SMILES string of the molecule is C=CCN[C@H](C)CS(=O)(=O)c1ccccc1. The van der Waals surface area contributed by atoms with Crippen molar-refractivity contribution in [2.24, 2.45) is 0 Å². The van der Waals surface area contributed by atoms with Crippen LogP contribution in [0.4, 0.5) is 0 Å². The van der Waals surface area contributed by atoms with Crippen LogP contribution in [0, 0.1) is 0 Å². The topological polar surface area (TPSA) is 46.2 Å². The zero-order chi connectivity index (χ0) is 12.0. The smallest absolute Gasteiger partial charge is 0.179 e. The Labute approximate surface area is 97.1 Å². The molecule has 0 saturated carbocycles. The molecule has 0 aliphatic rings. The maximum atomic E-state index is 11.9. The van der Waals surface area contributed by atoms with Crippen LogP contribution in [0.15, 0.2) is 47.9 Å². The molecular formula is C12H17NO2S. The van der Waals surface area contributed by atoms with E-state index in [2.05, 4.69) is 11.9 Å². The zero-order valence-electron chi connectivity index (χ0n) is 9.39. The van der Waals surface area contributed by atoms with Gasteiger partial charge in [-0.3, -0.25) is 0 Å². The van der Waals surface area contributed by atoms with E-state index in [1.165, 1.54) is 0 Å². The van der Waals surface area contributed by atoms with Crippen LogP contribution < -0.4 is 5.32 Å². The fraction of sp³-hybridized carbons (Fsp3) is 0.333. The lowest BCUT2D eigenvalue weighted by Crippen LogP contribution is -2.33. The zero-order valence-corrected chi connectivity index (χ0v) is 10.2. The molecule has 16 heavy (non-hydrogen) atoms. The van der Waals surface area contributed by atoms with Crippen molar-refractivity contribution in [3.63, 3.8) is 0 Å². The third-order valence-electron chi connectivity index (χ3n) is 2.18. The highest BCUT2D eigenvalue weighted by atomic mass is 32.2. The summed E-state index contributed by atoms with van der Waals surface area (Å²) in [6, 6.07) is 8.43. The van der Waals surface area contributed by atoms with Crippen molar-refractivity contribution >= 4 is 9.84 Å². The normalized spacial score (nSPS) is 13.3. The maximum absolute atomic E-state index is 11.9. The van der Waals surface area contributed by atoms with Crippen molar-refractivity contribution in [3.05, 3.63) is 43.0 Å². The molecule has 0 aromatic heterocycles. The number of rotatable bonds is 6. The average molecular weight is 239 g/mol. The Balaban J connectivity index is 2.69. The third-order valence-corrected chi connectivity index (χ3v) is 4.11. The van der Waals surface area contributed by atoms with Gasteiger partial charge in [0, 0.05) is 12.6 Å². The van der Waals surface area contributed by atoms with Crippen LogP contribution in [0.3, 0.4) is 0 Å². The quantitative estimate of drug-likeness (QED) is 0.767. The van der Waals surface area contributed by atoms with Gasteiger partial charge in [-0.1, -0.05) is 24.3 Å². The van der Waals surface area contributed by atoms with Crippen LogP contribution in [0.5, 0.6) is 0 Å². The van der Waals surface area contributed by atoms with Crippen molar-refractivity contribution in [3.8, 4) is 0 Å². The van der Waals surface area contributed by atoms with Crippen LogP contribution >= 0.6 is 0 Å². The minimum Gasteiger partial charge on any atom is -0.310 e. The minimum atomic E-state index is -3.19. The molecule has 0 heterocycles. The lowest BCUT2D eigenvalue weighted by Gasteiger charge is -2.12. The molecule has 0 radical (unpaired) electrons. The molecule has 88 valence electrons. The lowest BCUT2D eigenvalue weighted by molar-refractivity contribution is 0.571. The Hall–Kier alpha value is -1.13. The van der Waals surface area contributed by atoms with Crippen molar-refractivity contribution < 1.29 is 8.42 Å². The Morgan fingerprint density at radius 3 is 2.56 bits per heavy atom. The Bertz CT molecular complexity index is 426. The van der Waals surface area contributed by atoms with E-state index in [9.17, 15) is 8.42 Å². The molecule has 0 bridgehead atoms. The summed E-state index contributed by atoms with van der Waals surface area (Å²) in [6.45, 7) is 6.04. The predicted octanol–water partition coefficient (Wildman–Crippen LogP) is 1.62. The molecule has 0 fully saturated rings. The summed E-state index contributed by atoms with van der Waals surface area (Å²) < 4.78 is 23.9. The van der Waals surface area contributed by atoms with Crippen LogP contribution in [-0.4, -0.2) is 26.8 Å². The Morgan fingerprint density at radius 1 is 1.38 bits per heavy atom. The van der Waals surface area contributed by atoms with Gasteiger partial charge < -0.3 is 5.32 Å². The number of hydrogen-bond acceptors (Lipinski definition) is 3. The predicted molar refractivity (Wildman–Crippen MR) is 66.2 cm³/mol. The van der Waals surface area contributed by atoms with Gasteiger partial charge in [-0.05, 0) is 19.1 Å². The van der Waals surface area contributed by atoms with Crippen LogP contribution in [-0.2, 0) is 9.84 Å². The minimum absolute atomic E-state index is 0.0804. The number of benzene rings is 1. The highest BCUT2D eigenvalue weighted by Gasteiger charge is 2.17. The molecule has 4 heteroatoms. The number of sulfone groups is 1. The van der Waals surface area contributed by atoms with E-state index in [0.717, 1.165) is 0 Å². The van der Waals surface area contributed by atoms with Crippen molar-refractivity contribution in [1.82, 2.24) is 5.32 Å². The van der Waals surface area contributed by atoms with E-state index in [-0.39, 0.29) is 11.8 Å². The summed E-state index contributed by atoms with van der Waals surface area (Å²) in [5, 5.41) is 3.06. The van der Waals surface area contributed by atoms with E-state index in [1.807, 2.05) is 6.92 Å². The van der Waals surface area contributed by atoms with E-state index in [4.69, 9.17) is 0 Å². The lowest BCUT2D eigenvalue weighted by atomic mass is 10.4. The molecule has 3 nitrogen and oxygen atoms in total. The third kappa shape index (κ3) is 3.79. The monoisotopic (exact) mass is 239 g/mol. The molecule has 0 spiro atoms. The average Bonchev–Trinajstić information content (AvgIpc) is 2.27. The van der Waals surface area contributed by atoms with Gasteiger partial charge in [-0.2, -0.15) is 0 Å². The second-order valence-electron chi connectivity index (χ2n) is 3.69. The van der Waals surface area contributed by atoms with Gasteiger partial charge in [0.05, 0.1) is 10.6 Å². The Kier molecular flexibility index (Phi) is 4.71.